The van der Waals surface area contributed by atoms with Crippen molar-refractivity contribution >= 4 is 71.1 Å². The van der Waals surface area contributed by atoms with Crippen LogP contribution < -0.4 is 0 Å². The molecule has 0 aliphatic carbocycles. The summed E-state index contributed by atoms with van der Waals surface area (Å²) in [6, 6.07) is 0. The molecule has 0 rings (SSSR count). The standard InChI is InChI=1S/C4H6O3.2Na.3H2O.2H/c1-3(5)7-4(2)6;;;;;;;/h1-2H3;;;3*1H2;;. The van der Waals surface area contributed by atoms with Gasteiger partial charge in [0.05, 0.1) is 0 Å². The molecule has 0 bridgehead atoms. The van der Waals surface area contributed by atoms with E-state index in [-0.39, 0.29) is 75.5 Å². The van der Waals surface area contributed by atoms with Crippen molar-refractivity contribution in [2.45, 2.75) is 13.8 Å². The third-order valence-electron chi connectivity index (χ3n) is 0.287. The minimum atomic E-state index is -0.562. The van der Waals surface area contributed by atoms with Gasteiger partial charge in [0.1, 0.15) is 0 Å². The van der Waals surface area contributed by atoms with Crippen LogP contribution in [0.5, 0.6) is 0 Å². The molecule has 0 aliphatic rings. The Kier molecular flexibility index (Phi) is 72.2. The molecule has 6 N–H and O–H groups in total. The number of rotatable bonds is 0. The van der Waals surface area contributed by atoms with Crippen LogP contribution in [0.2, 0.25) is 0 Å². The van der Waals surface area contributed by atoms with Gasteiger partial charge in [0.15, 0.2) is 0 Å². The number of hydrogen-bond donors (Lipinski definition) is 0. The monoisotopic (exact) mass is 204 g/mol. The van der Waals surface area contributed by atoms with Crippen molar-refractivity contribution in [2.75, 3.05) is 0 Å². The first-order valence-electron chi connectivity index (χ1n) is 1.82. The summed E-state index contributed by atoms with van der Waals surface area (Å²) in [5, 5.41) is 0. The Morgan fingerprint density at radius 1 is 0.833 bits per heavy atom. The summed E-state index contributed by atoms with van der Waals surface area (Å²) in [4.78, 5) is 19.6. The Balaban J connectivity index is -0.0000000180. The van der Waals surface area contributed by atoms with Gasteiger partial charge >= 0.3 is 71.1 Å². The molecule has 0 heterocycles. The van der Waals surface area contributed by atoms with E-state index in [1.807, 2.05) is 0 Å². The van der Waals surface area contributed by atoms with E-state index in [0.29, 0.717) is 0 Å². The van der Waals surface area contributed by atoms with Crippen molar-refractivity contribution in [3.63, 3.8) is 0 Å². The molecular weight excluding hydrogens is 190 g/mol. The molecule has 0 radical (unpaired) electrons. The fourth-order valence-corrected chi connectivity index (χ4v) is 0.202. The molecule has 12 heavy (non-hydrogen) atoms. The van der Waals surface area contributed by atoms with Crippen LogP contribution in [0, 0.1) is 0 Å². The van der Waals surface area contributed by atoms with Crippen molar-refractivity contribution in [3.8, 4) is 0 Å². The number of carbonyl (C=O) groups is 2. The van der Waals surface area contributed by atoms with Crippen LogP contribution in [0.4, 0.5) is 0 Å². The molecule has 0 atom stereocenters. The zero-order valence-electron chi connectivity index (χ0n) is 5.72. The average molecular weight is 204 g/mol. The fraction of sp³-hybridized carbons (Fsp3) is 0.500. The summed E-state index contributed by atoms with van der Waals surface area (Å²) in [7, 11) is 0. The fourth-order valence-electron chi connectivity index (χ4n) is 0.202. The van der Waals surface area contributed by atoms with Gasteiger partial charge in [-0.3, -0.25) is 9.59 Å². The third kappa shape index (κ3) is 43.9. The number of carbonyl (C=O) groups excluding carboxylic acids is 2. The van der Waals surface area contributed by atoms with Gasteiger partial charge in [-0.05, 0) is 0 Å². The van der Waals surface area contributed by atoms with Crippen LogP contribution in [0.25, 0.3) is 0 Å². The molecule has 0 saturated carbocycles. The minimum absolute atomic E-state index is 0. The second-order valence-corrected chi connectivity index (χ2v) is 1.09. The van der Waals surface area contributed by atoms with E-state index in [9.17, 15) is 9.59 Å². The molecule has 0 spiro atoms. The SMILES string of the molecule is CC(=O)OC(C)=O.O.O.O.[NaH].[NaH]. The van der Waals surface area contributed by atoms with Crippen LogP contribution in [0.1, 0.15) is 13.8 Å². The van der Waals surface area contributed by atoms with Crippen molar-refractivity contribution in [2.24, 2.45) is 0 Å². The van der Waals surface area contributed by atoms with Gasteiger partial charge in [-0.25, -0.2) is 0 Å². The van der Waals surface area contributed by atoms with E-state index in [4.69, 9.17) is 0 Å². The zero-order valence-corrected chi connectivity index (χ0v) is 5.72. The quantitative estimate of drug-likeness (QED) is 0.228. The van der Waals surface area contributed by atoms with Crippen LogP contribution in [0.15, 0.2) is 0 Å². The maximum absolute atomic E-state index is 9.81. The van der Waals surface area contributed by atoms with Gasteiger partial charge in [-0.2, -0.15) is 0 Å². The van der Waals surface area contributed by atoms with Gasteiger partial charge in [0.2, 0.25) is 0 Å². The van der Waals surface area contributed by atoms with Gasteiger partial charge in [0, 0.05) is 13.8 Å². The Morgan fingerprint density at radius 2 is 1.00 bits per heavy atom. The summed E-state index contributed by atoms with van der Waals surface area (Å²) in [5.74, 6) is -1.12. The van der Waals surface area contributed by atoms with Gasteiger partial charge in [0.25, 0.3) is 0 Å². The first-order valence-corrected chi connectivity index (χ1v) is 1.82. The number of esters is 2. The molecule has 0 amide bonds. The second-order valence-electron chi connectivity index (χ2n) is 1.09. The average Bonchev–Trinajstić information content (AvgIpc) is 1.27. The molecule has 6 nitrogen and oxygen atoms in total. The first kappa shape index (κ1) is 38.2. The summed E-state index contributed by atoms with van der Waals surface area (Å²) >= 11 is 0. The van der Waals surface area contributed by atoms with E-state index < -0.39 is 11.9 Å². The summed E-state index contributed by atoms with van der Waals surface area (Å²) in [6.45, 7) is 2.36. The predicted molar refractivity (Wildman–Crippen MR) is 47.6 cm³/mol. The van der Waals surface area contributed by atoms with Crippen molar-refractivity contribution < 1.29 is 30.8 Å². The molecule has 0 fully saturated rings. The Bertz CT molecular complexity index is 93.7. The van der Waals surface area contributed by atoms with Crippen LogP contribution in [-0.4, -0.2) is 87.5 Å². The van der Waals surface area contributed by atoms with Crippen molar-refractivity contribution in [3.05, 3.63) is 0 Å². The second kappa shape index (κ2) is 22.7. The van der Waals surface area contributed by atoms with E-state index in [1.165, 1.54) is 13.8 Å². The van der Waals surface area contributed by atoms with Gasteiger partial charge in [-0.15, -0.1) is 0 Å². The van der Waals surface area contributed by atoms with E-state index in [2.05, 4.69) is 4.74 Å². The normalized spacial score (nSPS) is 4.50. The third-order valence-corrected chi connectivity index (χ3v) is 0.287. The summed E-state index contributed by atoms with van der Waals surface area (Å²) < 4.78 is 3.97. The molecule has 0 unspecified atom stereocenters. The molecule has 0 aromatic carbocycles. The summed E-state index contributed by atoms with van der Waals surface area (Å²) in [5.41, 5.74) is 0. The maximum atomic E-state index is 9.81. The first-order chi connectivity index (χ1) is 3.13. The topological polar surface area (TPSA) is 138 Å². The van der Waals surface area contributed by atoms with E-state index in [0.717, 1.165) is 0 Å². The molecule has 68 valence electrons. The van der Waals surface area contributed by atoms with Crippen molar-refractivity contribution in [1.82, 2.24) is 0 Å². The Hall–Kier alpha value is 1.02. The molecule has 0 aromatic rings. The number of hydrogen-bond acceptors (Lipinski definition) is 3. The molecule has 8 heteroatoms. The zero-order chi connectivity index (χ0) is 5.86. The number of ether oxygens (including phenoxy) is 1. The molecule has 0 aromatic heterocycles. The van der Waals surface area contributed by atoms with E-state index in [1.54, 1.807) is 0 Å². The summed E-state index contributed by atoms with van der Waals surface area (Å²) in [6.07, 6.45) is 0. The Morgan fingerprint density at radius 3 is 1.00 bits per heavy atom. The van der Waals surface area contributed by atoms with Gasteiger partial charge < -0.3 is 21.2 Å². The molecular formula is C4H14Na2O6. The Labute approximate surface area is 115 Å². The predicted octanol–water partition coefficient (Wildman–Crippen LogP) is -3.68. The van der Waals surface area contributed by atoms with E-state index >= 15 is 0 Å². The van der Waals surface area contributed by atoms with Crippen LogP contribution >= 0.6 is 0 Å². The van der Waals surface area contributed by atoms with Gasteiger partial charge in [-0.1, -0.05) is 0 Å². The molecule has 0 aliphatic heterocycles. The van der Waals surface area contributed by atoms with Crippen LogP contribution in [-0.2, 0) is 14.3 Å². The molecule has 0 saturated heterocycles. The van der Waals surface area contributed by atoms with Crippen LogP contribution in [0.3, 0.4) is 0 Å². The van der Waals surface area contributed by atoms with Crippen molar-refractivity contribution in [1.29, 1.82) is 0 Å².